The van der Waals surface area contributed by atoms with E-state index < -0.39 is 0 Å². The summed E-state index contributed by atoms with van der Waals surface area (Å²) in [6, 6.07) is 8.23. The zero-order valence-corrected chi connectivity index (χ0v) is 11.9. The van der Waals surface area contributed by atoms with E-state index in [-0.39, 0.29) is 0 Å². The second kappa shape index (κ2) is 5.16. The van der Waals surface area contributed by atoms with E-state index in [4.69, 9.17) is 0 Å². The highest BCUT2D eigenvalue weighted by atomic mass is 79.9. The lowest BCUT2D eigenvalue weighted by Crippen LogP contribution is -2.16. The van der Waals surface area contributed by atoms with Crippen LogP contribution in [0.2, 0.25) is 0 Å². The molecular weight excluding hydrogens is 304 g/mol. The summed E-state index contributed by atoms with van der Waals surface area (Å²) >= 11 is 3.46. The van der Waals surface area contributed by atoms with Crippen molar-refractivity contribution in [1.29, 1.82) is 5.26 Å². The van der Waals surface area contributed by atoms with Gasteiger partial charge in [0, 0.05) is 10.5 Å². The van der Waals surface area contributed by atoms with E-state index in [0.29, 0.717) is 11.6 Å². The maximum atomic E-state index is 9.25. The summed E-state index contributed by atoms with van der Waals surface area (Å²) in [5, 5.41) is 12.7. The van der Waals surface area contributed by atoms with Crippen molar-refractivity contribution in [2.24, 2.45) is 0 Å². The van der Waals surface area contributed by atoms with Gasteiger partial charge in [-0.15, -0.1) is 0 Å². The lowest BCUT2D eigenvalue weighted by Gasteiger charge is -2.15. The predicted octanol–water partition coefficient (Wildman–Crippen LogP) is 2.93. The smallest absolute Gasteiger partial charge is 0.101 e. The largest absolute Gasteiger partial charge is 0.309 e. The molecule has 5 heteroatoms. The minimum atomic E-state index is 0.327. The van der Waals surface area contributed by atoms with E-state index in [1.165, 1.54) is 6.42 Å². The monoisotopic (exact) mass is 316 g/mol. The zero-order chi connectivity index (χ0) is 13.2. The number of aromatic nitrogens is 2. The molecule has 4 nitrogen and oxygen atoms in total. The molecule has 0 amide bonds. The minimum absolute atomic E-state index is 0.327. The summed E-state index contributed by atoms with van der Waals surface area (Å²) in [5.74, 6) is 0. The quantitative estimate of drug-likeness (QED) is 0.926. The lowest BCUT2D eigenvalue weighted by atomic mass is 10.1. The van der Waals surface area contributed by atoms with Gasteiger partial charge in [-0.05, 0) is 37.6 Å². The van der Waals surface area contributed by atoms with E-state index in [1.54, 1.807) is 6.33 Å². The highest BCUT2D eigenvalue weighted by molar-refractivity contribution is 9.10. The number of nitriles is 1. The fraction of sp³-hybridized carbons (Fsp3) is 0.286. The van der Waals surface area contributed by atoms with Gasteiger partial charge in [0.2, 0.25) is 0 Å². The SMILES string of the molecule is N#Cc1ccc(Br)cc1-n1cncc1C1CCCN1. The van der Waals surface area contributed by atoms with E-state index in [2.05, 4.69) is 32.3 Å². The molecule has 1 N–H and O–H groups in total. The van der Waals surface area contributed by atoms with Crippen molar-refractivity contribution in [1.82, 2.24) is 14.9 Å². The first kappa shape index (κ1) is 12.4. The Labute approximate surface area is 120 Å². The molecule has 0 radical (unpaired) electrons. The Morgan fingerprint density at radius 1 is 1.47 bits per heavy atom. The minimum Gasteiger partial charge on any atom is -0.309 e. The Balaban J connectivity index is 2.10. The van der Waals surface area contributed by atoms with E-state index >= 15 is 0 Å². The van der Waals surface area contributed by atoms with Crippen LogP contribution in [-0.2, 0) is 0 Å². The molecule has 1 fully saturated rings. The average molecular weight is 317 g/mol. The maximum absolute atomic E-state index is 9.25. The molecule has 1 unspecified atom stereocenters. The average Bonchev–Trinajstić information content (AvgIpc) is 3.09. The highest BCUT2D eigenvalue weighted by Gasteiger charge is 2.21. The number of nitrogens with zero attached hydrogens (tertiary/aromatic N) is 3. The molecule has 0 saturated carbocycles. The fourth-order valence-corrected chi connectivity index (χ4v) is 2.85. The van der Waals surface area contributed by atoms with Crippen LogP contribution in [0.25, 0.3) is 5.69 Å². The Morgan fingerprint density at radius 3 is 3.11 bits per heavy atom. The van der Waals surface area contributed by atoms with Gasteiger partial charge in [-0.1, -0.05) is 15.9 Å². The highest BCUT2D eigenvalue weighted by Crippen LogP contribution is 2.27. The Morgan fingerprint density at radius 2 is 2.37 bits per heavy atom. The third-order valence-corrected chi connectivity index (χ3v) is 3.92. The molecule has 1 aliphatic rings. The molecule has 2 aromatic rings. The number of nitrogens with one attached hydrogen (secondary N) is 1. The first-order chi connectivity index (χ1) is 9.29. The Kier molecular flexibility index (Phi) is 3.36. The Hall–Kier alpha value is -1.64. The van der Waals surface area contributed by atoms with E-state index in [0.717, 1.165) is 28.8 Å². The molecule has 0 aliphatic carbocycles. The number of hydrogen-bond donors (Lipinski definition) is 1. The standard InChI is InChI=1S/C14H13BrN4/c15-11-4-3-10(7-16)13(6-11)19-9-17-8-14(19)12-2-1-5-18-12/h3-4,6,8-9,12,18H,1-2,5H2. The summed E-state index contributed by atoms with van der Waals surface area (Å²) < 4.78 is 2.97. The van der Waals surface area contributed by atoms with Gasteiger partial charge >= 0.3 is 0 Å². The van der Waals surface area contributed by atoms with Gasteiger partial charge in [-0.2, -0.15) is 5.26 Å². The second-order valence-electron chi connectivity index (χ2n) is 4.61. The Bertz CT molecular complexity index is 635. The van der Waals surface area contributed by atoms with E-state index in [9.17, 15) is 5.26 Å². The van der Waals surface area contributed by atoms with Crippen molar-refractivity contribution < 1.29 is 0 Å². The van der Waals surface area contributed by atoms with Crippen molar-refractivity contribution in [2.45, 2.75) is 18.9 Å². The molecule has 1 saturated heterocycles. The van der Waals surface area contributed by atoms with Crippen LogP contribution in [0.4, 0.5) is 0 Å². The van der Waals surface area contributed by atoms with Gasteiger partial charge in [0.25, 0.3) is 0 Å². The molecule has 0 bridgehead atoms. The molecule has 0 spiro atoms. The van der Waals surface area contributed by atoms with Gasteiger partial charge in [-0.3, -0.25) is 0 Å². The zero-order valence-electron chi connectivity index (χ0n) is 10.3. The summed E-state index contributed by atoms with van der Waals surface area (Å²) in [6.07, 6.45) is 5.95. The van der Waals surface area contributed by atoms with Crippen LogP contribution in [0, 0.1) is 11.3 Å². The molecular formula is C14H13BrN4. The van der Waals surface area contributed by atoms with Crippen LogP contribution in [0.5, 0.6) is 0 Å². The van der Waals surface area contributed by atoms with Gasteiger partial charge < -0.3 is 9.88 Å². The first-order valence-corrected chi connectivity index (χ1v) is 7.04. The van der Waals surface area contributed by atoms with Crippen molar-refractivity contribution in [2.75, 3.05) is 6.54 Å². The van der Waals surface area contributed by atoms with E-state index in [1.807, 2.05) is 29.0 Å². The van der Waals surface area contributed by atoms with Gasteiger partial charge in [0.15, 0.2) is 0 Å². The van der Waals surface area contributed by atoms with Crippen molar-refractivity contribution >= 4 is 15.9 Å². The van der Waals surface area contributed by atoms with Crippen LogP contribution < -0.4 is 5.32 Å². The van der Waals surface area contributed by atoms with Crippen molar-refractivity contribution in [3.63, 3.8) is 0 Å². The summed E-state index contributed by atoms with van der Waals surface area (Å²) in [6.45, 7) is 1.04. The van der Waals surface area contributed by atoms with Crippen LogP contribution in [0.3, 0.4) is 0 Å². The van der Waals surface area contributed by atoms with Crippen molar-refractivity contribution in [3.8, 4) is 11.8 Å². The first-order valence-electron chi connectivity index (χ1n) is 6.25. The second-order valence-corrected chi connectivity index (χ2v) is 5.53. The summed E-state index contributed by atoms with van der Waals surface area (Å²) in [7, 11) is 0. The number of hydrogen-bond acceptors (Lipinski definition) is 3. The summed E-state index contributed by atoms with van der Waals surface area (Å²) in [4.78, 5) is 4.25. The molecule has 1 aliphatic heterocycles. The molecule has 96 valence electrons. The third-order valence-electron chi connectivity index (χ3n) is 3.42. The fourth-order valence-electron chi connectivity index (χ4n) is 2.50. The molecule has 1 atom stereocenters. The van der Waals surface area contributed by atoms with Crippen LogP contribution in [-0.4, -0.2) is 16.1 Å². The topological polar surface area (TPSA) is 53.6 Å². The summed E-state index contributed by atoms with van der Waals surface area (Å²) in [5.41, 5.74) is 2.64. The molecule has 19 heavy (non-hydrogen) atoms. The lowest BCUT2D eigenvalue weighted by molar-refractivity contribution is 0.615. The molecule has 3 rings (SSSR count). The van der Waals surface area contributed by atoms with Crippen LogP contribution in [0.1, 0.15) is 30.1 Å². The van der Waals surface area contributed by atoms with Gasteiger partial charge in [0.1, 0.15) is 6.07 Å². The van der Waals surface area contributed by atoms with Gasteiger partial charge in [0.05, 0.1) is 29.5 Å². The number of rotatable bonds is 2. The molecule has 1 aromatic heterocycles. The van der Waals surface area contributed by atoms with Gasteiger partial charge in [-0.25, -0.2) is 4.98 Å². The number of imidazole rings is 1. The third kappa shape index (κ3) is 2.29. The normalized spacial score (nSPS) is 18.4. The predicted molar refractivity (Wildman–Crippen MR) is 76.0 cm³/mol. The maximum Gasteiger partial charge on any atom is 0.101 e. The van der Waals surface area contributed by atoms with Crippen LogP contribution in [0.15, 0.2) is 35.2 Å². The van der Waals surface area contributed by atoms with Crippen LogP contribution >= 0.6 is 15.9 Å². The molecule has 1 aromatic carbocycles. The number of halogens is 1. The molecule has 2 heterocycles. The number of benzene rings is 1. The van der Waals surface area contributed by atoms with Crippen molar-refractivity contribution in [3.05, 3.63) is 46.5 Å².